The number of pyridine rings is 2. The van der Waals surface area contributed by atoms with Gasteiger partial charge in [-0.05, 0) is 76.9 Å². The zero-order valence-corrected chi connectivity index (χ0v) is 31.2. The first-order valence-corrected chi connectivity index (χ1v) is 18.2. The summed E-state index contributed by atoms with van der Waals surface area (Å²) in [5, 5.41) is 12.5. The molecule has 5 heterocycles. The molecule has 3 amide bonds. The number of benzene rings is 3. The molecule has 1 unspecified atom stereocenters. The lowest BCUT2D eigenvalue weighted by atomic mass is 9.93. The third-order valence-electron chi connectivity index (χ3n) is 10.1. The zero-order chi connectivity index (χ0) is 38.5. The number of rotatable bonds is 6. The number of halogens is 1. The molecule has 3 aromatic carbocycles. The first kappa shape index (κ1) is 35.4. The Morgan fingerprint density at radius 1 is 0.945 bits per heavy atom. The average molecular weight is 751 g/mol. The fourth-order valence-corrected chi connectivity index (χ4v) is 7.55. The maximum atomic E-state index is 12.9. The minimum Gasteiger partial charge on any atom is -0.340 e. The molecule has 0 aliphatic carbocycles. The van der Waals surface area contributed by atoms with Crippen molar-refractivity contribution < 1.29 is 14.4 Å². The quantitative estimate of drug-likeness (QED) is 0.156. The summed E-state index contributed by atoms with van der Waals surface area (Å²) >= 11 is 6.72. The molecule has 4 aromatic heterocycles. The Balaban J connectivity index is 0.978. The lowest BCUT2D eigenvalue weighted by molar-refractivity contribution is -0.135. The number of piperidine rings is 1. The van der Waals surface area contributed by atoms with Gasteiger partial charge in [-0.2, -0.15) is 5.10 Å². The SMILES string of the molecule is CC(C)c1cc(-c2cccc3cc(-c4ccc(C(=O)NCC#Cc5ccc6cnn(C7CCC(=O)NC7=O)c6c5Cl)nc4)ncc23)cc2c1n(C)c(=O)n2C. The topological polar surface area (TPSA) is 146 Å². The maximum Gasteiger partial charge on any atom is 0.328 e. The number of amides is 3. The molecule has 1 aliphatic heterocycles. The van der Waals surface area contributed by atoms with E-state index in [2.05, 4.69) is 64.6 Å². The average Bonchev–Trinajstić information content (AvgIpc) is 3.71. The molecule has 1 aliphatic rings. The number of nitrogens with one attached hydrogen (secondary N) is 2. The van der Waals surface area contributed by atoms with E-state index in [1.165, 1.54) is 4.68 Å². The lowest BCUT2D eigenvalue weighted by Gasteiger charge is -2.22. The third-order valence-corrected chi connectivity index (χ3v) is 10.5. The fraction of sp³-hybridized carbons (Fsp3) is 0.214. The van der Waals surface area contributed by atoms with Crippen LogP contribution in [0.2, 0.25) is 5.02 Å². The molecular weight excluding hydrogens is 716 g/mol. The molecule has 12 nitrogen and oxygen atoms in total. The molecule has 1 fully saturated rings. The van der Waals surface area contributed by atoms with Crippen LogP contribution in [0.3, 0.4) is 0 Å². The molecule has 0 radical (unpaired) electrons. The molecule has 2 N–H and O–H groups in total. The third kappa shape index (κ3) is 6.32. The van der Waals surface area contributed by atoms with Gasteiger partial charge in [0.1, 0.15) is 11.7 Å². The molecule has 0 spiro atoms. The predicted octanol–water partition coefficient (Wildman–Crippen LogP) is 6.04. The Morgan fingerprint density at radius 2 is 1.78 bits per heavy atom. The van der Waals surface area contributed by atoms with E-state index in [1.54, 1.807) is 40.7 Å². The molecule has 1 saturated heterocycles. The first-order valence-electron chi connectivity index (χ1n) is 17.8. The minimum absolute atomic E-state index is 0.0454. The molecule has 0 bridgehead atoms. The summed E-state index contributed by atoms with van der Waals surface area (Å²) in [6.07, 6.45) is 5.64. The van der Waals surface area contributed by atoms with E-state index in [-0.39, 0.29) is 42.1 Å². The van der Waals surface area contributed by atoms with Crippen molar-refractivity contribution in [3.63, 3.8) is 0 Å². The van der Waals surface area contributed by atoms with Crippen LogP contribution < -0.4 is 16.3 Å². The van der Waals surface area contributed by atoms with Crippen molar-refractivity contribution in [2.75, 3.05) is 6.54 Å². The summed E-state index contributed by atoms with van der Waals surface area (Å²) < 4.78 is 4.94. The van der Waals surface area contributed by atoms with E-state index in [0.717, 1.165) is 49.4 Å². The van der Waals surface area contributed by atoms with Crippen LogP contribution in [0.4, 0.5) is 0 Å². The van der Waals surface area contributed by atoms with Gasteiger partial charge in [-0.25, -0.2) is 4.79 Å². The number of carbonyl (C=O) groups excluding carboxylic acids is 3. The minimum atomic E-state index is -0.655. The number of imidazole rings is 1. The summed E-state index contributed by atoms with van der Waals surface area (Å²) in [5.74, 6) is 5.03. The van der Waals surface area contributed by atoms with E-state index in [9.17, 15) is 19.2 Å². The lowest BCUT2D eigenvalue weighted by Crippen LogP contribution is -2.42. The van der Waals surface area contributed by atoms with Crippen molar-refractivity contribution in [3.8, 4) is 34.2 Å². The van der Waals surface area contributed by atoms with Crippen LogP contribution in [-0.4, -0.2) is 53.1 Å². The highest BCUT2D eigenvalue weighted by Gasteiger charge is 2.30. The van der Waals surface area contributed by atoms with Gasteiger partial charge in [0.15, 0.2) is 0 Å². The largest absolute Gasteiger partial charge is 0.340 e. The highest BCUT2D eigenvalue weighted by atomic mass is 35.5. The monoisotopic (exact) mass is 750 g/mol. The number of nitrogens with zero attached hydrogens (tertiary/aromatic N) is 6. The number of fused-ring (bicyclic) bond motifs is 3. The van der Waals surface area contributed by atoms with Crippen LogP contribution in [-0.2, 0) is 23.7 Å². The molecule has 274 valence electrons. The highest BCUT2D eigenvalue weighted by molar-refractivity contribution is 6.36. The van der Waals surface area contributed by atoms with Crippen molar-refractivity contribution >= 4 is 62.0 Å². The summed E-state index contributed by atoms with van der Waals surface area (Å²) in [5.41, 5.74) is 7.68. The summed E-state index contributed by atoms with van der Waals surface area (Å²) in [7, 11) is 3.62. The van der Waals surface area contributed by atoms with Gasteiger partial charge in [-0.1, -0.05) is 55.5 Å². The van der Waals surface area contributed by atoms with E-state index in [1.807, 2.05) is 43.6 Å². The Labute approximate surface area is 320 Å². The molecule has 0 saturated carbocycles. The van der Waals surface area contributed by atoms with E-state index in [4.69, 9.17) is 16.6 Å². The van der Waals surface area contributed by atoms with Crippen molar-refractivity contribution in [2.24, 2.45) is 14.1 Å². The fourth-order valence-electron chi connectivity index (χ4n) is 7.24. The van der Waals surface area contributed by atoms with Crippen LogP contribution >= 0.6 is 11.6 Å². The normalized spacial score (nSPS) is 14.4. The smallest absolute Gasteiger partial charge is 0.328 e. The second-order valence-corrected chi connectivity index (χ2v) is 14.3. The van der Waals surface area contributed by atoms with Crippen LogP contribution in [0.1, 0.15) is 60.3 Å². The van der Waals surface area contributed by atoms with E-state index >= 15 is 0 Å². The molecule has 8 rings (SSSR count). The van der Waals surface area contributed by atoms with Gasteiger partial charge >= 0.3 is 5.69 Å². The second-order valence-electron chi connectivity index (χ2n) is 13.9. The standard InChI is InChI=1S/C42H35ClN8O4/c1-23(2)30-17-28(19-35-39(30)50(4)42(55)49(35)3)29-9-5-7-25-18-33(46-22-31(25)29)26-12-13-32(45-20-26)40(53)44-16-6-8-24-10-11-27-21-47-51(38(27)37(24)43)34-14-15-36(52)48-41(34)54/h5,7,9-13,17-23,34H,14-16H2,1-4H3,(H,44,53)(H,48,52,54). The van der Waals surface area contributed by atoms with Crippen LogP contribution in [0.25, 0.3) is 55.1 Å². The van der Waals surface area contributed by atoms with E-state index < -0.39 is 11.9 Å². The Morgan fingerprint density at radius 3 is 2.55 bits per heavy atom. The number of hydrogen-bond acceptors (Lipinski definition) is 7. The summed E-state index contributed by atoms with van der Waals surface area (Å²) in [6.45, 7) is 4.31. The van der Waals surface area contributed by atoms with Gasteiger partial charge in [0.2, 0.25) is 5.91 Å². The summed E-state index contributed by atoms with van der Waals surface area (Å²) in [4.78, 5) is 59.1. The Bertz CT molecular complexity index is 2860. The molecule has 1 atom stereocenters. The van der Waals surface area contributed by atoms with Gasteiger partial charge in [-0.3, -0.25) is 43.5 Å². The molecule has 55 heavy (non-hydrogen) atoms. The molecular formula is C42H35ClN8O4. The van der Waals surface area contributed by atoms with Crippen molar-refractivity contribution in [3.05, 3.63) is 112 Å². The van der Waals surface area contributed by atoms with Crippen LogP contribution in [0.5, 0.6) is 0 Å². The van der Waals surface area contributed by atoms with Crippen molar-refractivity contribution in [1.82, 2.24) is 39.5 Å². The maximum absolute atomic E-state index is 12.9. The number of carbonyl (C=O) groups is 3. The number of aromatic nitrogens is 6. The first-order chi connectivity index (χ1) is 26.5. The summed E-state index contributed by atoms with van der Waals surface area (Å²) in [6, 6.07) is 18.7. The van der Waals surface area contributed by atoms with Crippen molar-refractivity contribution in [2.45, 2.75) is 38.6 Å². The van der Waals surface area contributed by atoms with Gasteiger partial charge in [0.25, 0.3) is 11.8 Å². The number of imide groups is 1. The van der Waals surface area contributed by atoms with Gasteiger partial charge in [-0.15, -0.1) is 0 Å². The number of aryl methyl sites for hydroxylation is 2. The van der Waals surface area contributed by atoms with Gasteiger partial charge in [0, 0.05) is 54.8 Å². The molecule has 7 aromatic rings. The highest BCUT2D eigenvalue weighted by Crippen LogP contribution is 2.36. The van der Waals surface area contributed by atoms with Crippen LogP contribution in [0.15, 0.2) is 84.0 Å². The van der Waals surface area contributed by atoms with Gasteiger partial charge < -0.3 is 5.32 Å². The van der Waals surface area contributed by atoms with Crippen LogP contribution in [0, 0.1) is 11.8 Å². The molecule has 13 heteroatoms. The Kier molecular flexibility index (Phi) is 9.03. The van der Waals surface area contributed by atoms with Crippen molar-refractivity contribution in [1.29, 1.82) is 0 Å². The number of hydrogen-bond donors (Lipinski definition) is 2. The predicted molar refractivity (Wildman–Crippen MR) is 212 cm³/mol. The zero-order valence-electron chi connectivity index (χ0n) is 30.5. The van der Waals surface area contributed by atoms with E-state index in [0.29, 0.717) is 28.2 Å². The Hall–Kier alpha value is -6.58. The van der Waals surface area contributed by atoms with Gasteiger partial charge in [0.05, 0.1) is 40.0 Å². The second kappa shape index (κ2) is 14.0.